The first kappa shape index (κ1) is 12.6. The highest BCUT2D eigenvalue weighted by Gasteiger charge is 2.10. The summed E-state index contributed by atoms with van der Waals surface area (Å²) in [4.78, 5) is 11.4. The number of methoxy groups -OCH3 is 1. The molecule has 84 valence electrons. The fraction of sp³-hybridized carbons (Fsp3) is 0.308. The molecule has 0 fully saturated rings. The van der Waals surface area contributed by atoms with E-state index in [1.54, 1.807) is 12.1 Å². The molecule has 2 nitrogen and oxygen atoms in total. The highest BCUT2D eigenvalue weighted by molar-refractivity contribution is 6.18. The summed E-state index contributed by atoms with van der Waals surface area (Å²) in [7, 11) is 1.37. The standard InChI is InChI=1S/C13H13ClO2/c1-10-11(6-3-4-9-14)7-5-8-12(10)13(15)16-2/h5,7-8H,4,9H2,1-2H3. The van der Waals surface area contributed by atoms with E-state index in [-0.39, 0.29) is 5.97 Å². The summed E-state index contributed by atoms with van der Waals surface area (Å²) in [5.74, 6) is 6.12. The Morgan fingerprint density at radius 1 is 1.50 bits per heavy atom. The van der Waals surface area contributed by atoms with Gasteiger partial charge in [-0.2, -0.15) is 0 Å². The molecule has 0 aliphatic rings. The van der Waals surface area contributed by atoms with Crippen molar-refractivity contribution in [3.63, 3.8) is 0 Å². The Bertz CT molecular complexity index is 441. The summed E-state index contributed by atoms with van der Waals surface area (Å²) in [6.45, 7) is 1.86. The van der Waals surface area contributed by atoms with Crippen molar-refractivity contribution in [3.05, 3.63) is 34.9 Å². The van der Waals surface area contributed by atoms with Gasteiger partial charge in [0.25, 0.3) is 0 Å². The van der Waals surface area contributed by atoms with Gasteiger partial charge in [0.1, 0.15) is 0 Å². The van der Waals surface area contributed by atoms with E-state index >= 15 is 0 Å². The van der Waals surface area contributed by atoms with E-state index in [1.165, 1.54) is 7.11 Å². The van der Waals surface area contributed by atoms with E-state index in [1.807, 2.05) is 13.0 Å². The molecular formula is C13H13ClO2. The van der Waals surface area contributed by atoms with Crippen molar-refractivity contribution in [1.82, 2.24) is 0 Å². The van der Waals surface area contributed by atoms with Crippen molar-refractivity contribution in [2.45, 2.75) is 13.3 Å². The third-order valence-electron chi connectivity index (χ3n) is 2.18. The zero-order valence-electron chi connectivity index (χ0n) is 9.34. The van der Waals surface area contributed by atoms with Crippen molar-refractivity contribution in [2.24, 2.45) is 0 Å². The molecule has 0 amide bonds. The lowest BCUT2D eigenvalue weighted by Gasteiger charge is -2.04. The molecule has 0 saturated carbocycles. The summed E-state index contributed by atoms with van der Waals surface area (Å²) in [5, 5.41) is 0. The third-order valence-corrected chi connectivity index (χ3v) is 2.37. The van der Waals surface area contributed by atoms with Gasteiger partial charge >= 0.3 is 5.97 Å². The minimum Gasteiger partial charge on any atom is -0.465 e. The molecule has 0 radical (unpaired) electrons. The van der Waals surface area contributed by atoms with Crippen LogP contribution in [0.2, 0.25) is 0 Å². The SMILES string of the molecule is COC(=O)c1cccc(C#CCCCl)c1C. The molecule has 1 rings (SSSR count). The molecule has 0 unspecified atom stereocenters. The number of rotatable bonds is 2. The maximum absolute atomic E-state index is 11.4. The predicted molar refractivity (Wildman–Crippen MR) is 64.7 cm³/mol. The average Bonchev–Trinajstić information content (AvgIpc) is 2.30. The van der Waals surface area contributed by atoms with Crippen LogP contribution in [0.25, 0.3) is 0 Å². The molecule has 1 aromatic carbocycles. The lowest BCUT2D eigenvalue weighted by atomic mass is 10.0. The summed E-state index contributed by atoms with van der Waals surface area (Å²) in [6.07, 6.45) is 0.642. The van der Waals surface area contributed by atoms with Crippen molar-refractivity contribution in [1.29, 1.82) is 0 Å². The van der Waals surface area contributed by atoms with Gasteiger partial charge < -0.3 is 4.74 Å². The Labute approximate surface area is 101 Å². The smallest absolute Gasteiger partial charge is 0.338 e. The van der Waals surface area contributed by atoms with Gasteiger partial charge in [0.05, 0.1) is 12.7 Å². The molecule has 0 spiro atoms. The minimum absolute atomic E-state index is 0.335. The van der Waals surface area contributed by atoms with Gasteiger partial charge in [-0.25, -0.2) is 4.79 Å². The average molecular weight is 237 g/mol. The maximum atomic E-state index is 11.4. The second-order valence-electron chi connectivity index (χ2n) is 3.21. The van der Waals surface area contributed by atoms with Gasteiger partial charge in [0, 0.05) is 17.9 Å². The molecule has 16 heavy (non-hydrogen) atoms. The van der Waals surface area contributed by atoms with Gasteiger partial charge in [-0.1, -0.05) is 17.9 Å². The Morgan fingerprint density at radius 3 is 2.88 bits per heavy atom. The number of esters is 1. The van der Waals surface area contributed by atoms with Crippen LogP contribution < -0.4 is 0 Å². The van der Waals surface area contributed by atoms with Crippen molar-refractivity contribution in [3.8, 4) is 11.8 Å². The lowest BCUT2D eigenvalue weighted by Crippen LogP contribution is -2.04. The maximum Gasteiger partial charge on any atom is 0.338 e. The topological polar surface area (TPSA) is 26.3 Å². The molecule has 0 aliphatic heterocycles. The molecule has 0 aromatic heterocycles. The van der Waals surface area contributed by atoms with Crippen LogP contribution in [-0.2, 0) is 4.74 Å². The quantitative estimate of drug-likeness (QED) is 0.448. The number of ether oxygens (including phenoxy) is 1. The molecule has 0 bridgehead atoms. The van der Waals surface area contributed by atoms with Gasteiger partial charge in [0.15, 0.2) is 0 Å². The zero-order valence-corrected chi connectivity index (χ0v) is 10.1. The molecule has 0 saturated heterocycles. The second kappa shape index (κ2) is 6.19. The van der Waals surface area contributed by atoms with Crippen molar-refractivity contribution < 1.29 is 9.53 Å². The van der Waals surface area contributed by atoms with Crippen molar-refractivity contribution in [2.75, 3.05) is 13.0 Å². The van der Waals surface area contributed by atoms with Crippen LogP contribution in [-0.4, -0.2) is 19.0 Å². The Balaban J connectivity index is 3.05. The van der Waals surface area contributed by atoms with E-state index in [2.05, 4.69) is 16.6 Å². The van der Waals surface area contributed by atoms with E-state index < -0.39 is 0 Å². The van der Waals surface area contributed by atoms with E-state index in [9.17, 15) is 4.79 Å². The molecule has 3 heteroatoms. The van der Waals surface area contributed by atoms with Crippen LogP contribution in [0.5, 0.6) is 0 Å². The monoisotopic (exact) mass is 236 g/mol. The van der Waals surface area contributed by atoms with E-state index in [0.717, 1.165) is 11.1 Å². The normalized spacial score (nSPS) is 9.19. The number of halogens is 1. The van der Waals surface area contributed by atoms with Crippen LogP contribution in [0.4, 0.5) is 0 Å². The Morgan fingerprint density at radius 2 is 2.25 bits per heavy atom. The van der Waals surface area contributed by atoms with Crippen molar-refractivity contribution >= 4 is 17.6 Å². The number of hydrogen-bond donors (Lipinski definition) is 0. The first-order valence-electron chi connectivity index (χ1n) is 4.93. The summed E-state index contributed by atoms with van der Waals surface area (Å²) < 4.78 is 4.69. The Kier molecular flexibility index (Phi) is 4.88. The molecule has 0 N–H and O–H groups in total. The van der Waals surface area contributed by atoms with Crippen LogP contribution >= 0.6 is 11.6 Å². The minimum atomic E-state index is -0.335. The number of hydrogen-bond acceptors (Lipinski definition) is 2. The Hall–Kier alpha value is -1.46. The predicted octanol–water partition coefficient (Wildman–Crippen LogP) is 2.76. The summed E-state index contributed by atoms with van der Waals surface area (Å²) in [5.41, 5.74) is 2.24. The number of benzene rings is 1. The van der Waals surface area contributed by atoms with Gasteiger partial charge in [0.2, 0.25) is 0 Å². The third kappa shape index (κ3) is 3.01. The first-order valence-corrected chi connectivity index (χ1v) is 5.47. The number of carbonyl (C=O) groups is 1. The first-order chi connectivity index (χ1) is 7.70. The van der Waals surface area contributed by atoms with Crippen LogP contribution in [0.15, 0.2) is 18.2 Å². The molecule has 0 atom stereocenters. The molecule has 1 aromatic rings. The lowest BCUT2D eigenvalue weighted by molar-refractivity contribution is 0.0600. The largest absolute Gasteiger partial charge is 0.465 e. The molecule has 0 heterocycles. The molecule has 0 aliphatic carbocycles. The zero-order chi connectivity index (χ0) is 12.0. The van der Waals surface area contributed by atoms with Gasteiger partial charge in [-0.15, -0.1) is 11.6 Å². The van der Waals surface area contributed by atoms with E-state index in [4.69, 9.17) is 11.6 Å². The van der Waals surface area contributed by atoms with Crippen LogP contribution in [0.3, 0.4) is 0 Å². The van der Waals surface area contributed by atoms with E-state index in [0.29, 0.717) is 17.9 Å². The highest BCUT2D eigenvalue weighted by atomic mass is 35.5. The van der Waals surface area contributed by atoms with Crippen LogP contribution in [0.1, 0.15) is 27.9 Å². The van der Waals surface area contributed by atoms with Crippen LogP contribution in [0, 0.1) is 18.8 Å². The highest BCUT2D eigenvalue weighted by Crippen LogP contribution is 2.13. The number of alkyl halides is 1. The second-order valence-corrected chi connectivity index (χ2v) is 3.59. The van der Waals surface area contributed by atoms with Gasteiger partial charge in [-0.3, -0.25) is 0 Å². The molecular weight excluding hydrogens is 224 g/mol. The summed E-state index contributed by atoms with van der Waals surface area (Å²) in [6, 6.07) is 5.40. The fourth-order valence-electron chi connectivity index (χ4n) is 1.31. The van der Waals surface area contributed by atoms with Gasteiger partial charge in [-0.05, 0) is 24.6 Å². The fourth-order valence-corrected chi connectivity index (χ4v) is 1.40. The number of carbonyl (C=O) groups excluding carboxylic acids is 1. The summed E-state index contributed by atoms with van der Waals surface area (Å²) >= 11 is 5.54.